The zero-order valence-corrected chi connectivity index (χ0v) is 10.2. The number of ether oxygens (including phenoxy) is 1. The first kappa shape index (κ1) is 11.0. The fourth-order valence-electron chi connectivity index (χ4n) is 3.67. The molecule has 3 nitrogen and oxygen atoms in total. The number of hydrogen-bond acceptors (Lipinski definition) is 3. The Kier molecular flexibility index (Phi) is 3.18. The van der Waals surface area contributed by atoms with Crippen LogP contribution in [0.15, 0.2) is 0 Å². The lowest BCUT2D eigenvalue weighted by atomic mass is 9.68. The molecule has 3 fully saturated rings. The van der Waals surface area contributed by atoms with E-state index >= 15 is 0 Å². The van der Waals surface area contributed by atoms with Crippen molar-refractivity contribution >= 4 is 0 Å². The van der Waals surface area contributed by atoms with Crippen LogP contribution in [-0.2, 0) is 4.74 Å². The second-order valence-corrected chi connectivity index (χ2v) is 5.93. The molecule has 1 atom stereocenters. The summed E-state index contributed by atoms with van der Waals surface area (Å²) in [5, 5.41) is 3.41. The molecular weight excluding hydrogens is 200 g/mol. The lowest BCUT2D eigenvalue weighted by Gasteiger charge is -2.53. The minimum Gasteiger partial charge on any atom is -0.374 e. The highest BCUT2D eigenvalue weighted by molar-refractivity contribution is 4.97. The van der Waals surface area contributed by atoms with Crippen molar-refractivity contribution in [2.24, 2.45) is 5.41 Å². The van der Waals surface area contributed by atoms with Gasteiger partial charge in [0.2, 0.25) is 0 Å². The predicted molar refractivity (Wildman–Crippen MR) is 64.6 cm³/mol. The largest absolute Gasteiger partial charge is 0.374 e. The normalized spacial score (nSPS) is 34.9. The molecule has 3 aliphatic rings. The molecule has 0 amide bonds. The van der Waals surface area contributed by atoms with E-state index in [1.165, 1.54) is 45.2 Å². The van der Waals surface area contributed by atoms with E-state index in [1.807, 2.05) is 0 Å². The third kappa shape index (κ3) is 2.27. The number of nitrogens with zero attached hydrogens (tertiary/aromatic N) is 1. The van der Waals surface area contributed by atoms with E-state index in [-0.39, 0.29) is 0 Å². The summed E-state index contributed by atoms with van der Waals surface area (Å²) >= 11 is 0. The van der Waals surface area contributed by atoms with Gasteiger partial charge in [-0.1, -0.05) is 19.3 Å². The van der Waals surface area contributed by atoms with Crippen molar-refractivity contribution in [3.63, 3.8) is 0 Å². The molecule has 2 heterocycles. The molecule has 0 aromatic carbocycles. The Morgan fingerprint density at radius 3 is 2.69 bits per heavy atom. The summed E-state index contributed by atoms with van der Waals surface area (Å²) in [6.07, 6.45) is 7.80. The maximum absolute atomic E-state index is 5.76. The molecule has 0 bridgehead atoms. The Labute approximate surface area is 98.5 Å². The van der Waals surface area contributed by atoms with Gasteiger partial charge in [0.15, 0.2) is 0 Å². The molecule has 1 spiro atoms. The summed E-state index contributed by atoms with van der Waals surface area (Å²) < 4.78 is 5.76. The summed E-state index contributed by atoms with van der Waals surface area (Å²) in [5.41, 5.74) is 0.723. The number of rotatable bonds is 2. The molecule has 0 radical (unpaired) electrons. The van der Waals surface area contributed by atoms with E-state index < -0.39 is 0 Å². The molecule has 1 aliphatic carbocycles. The highest BCUT2D eigenvalue weighted by atomic mass is 16.5. The molecule has 3 heteroatoms. The van der Waals surface area contributed by atoms with E-state index in [2.05, 4.69) is 10.2 Å². The quantitative estimate of drug-likeness (QED) is 0.764. The van der Waals surface area contributed by atoms with Crippen molar-refractivity contribution in [1.82, 2.24) is 10.2 Å². The van der Waals surface area contributed by atoms with Crippen LogP contribution in [0.2, 0.25) is 0 Å². The first-order valence-corrected chi connectivity index (χ1v) is 6.91. The maximum atomic E-state index is 5.76. The van der Waals surface area contributed by atoms with Crippen LogP contribution in [0.3, 0.4) is 0 Å². The van der Waals surface area contributed by atoms with Crippen LogP contribution in [-0.4, -0.2) is 50.3 Å². The summed E-state index contributed by atoms with van der Waals surface area (Å²) in [4.78, 5) is 2.60. The van der Waals surface area contributed by atoms with Crippen LogP contribution in [0.1, 0.15) is 32.1 Å². The third-order valence-corrected chi connectivity index (χ3v) is 4.50. The van der Waals surface area contributed by atoms with E-state index in [4.69, 9.17) is 4.74 Å². The van der Waals surface area contributed by atoms with Gasteiger partial charge < -0.3 is 10.1 Å². The molecule has 1 N–H and O–H groups in total. The van der Waals surface area contributed by atoms with Gasteiger partial charge in [-0.15, -0.1) is 0 Å². The Bertz CT molecular complexity index is 221. The van der Waals surface area contributed by atoms with Crippen LogP contribution >= 0.6 is 0 Å². The van der Waals surface area contributed by atoms with Crippen molar-refractivity contribution in [1.29, 1.82) is 0 Å². The molecular formula is C13H24N2O. The average molecular weight is 224 g/mol. The predicted octanol–water partition coefficient (Wildman–Crippen LogP) is 1.24. The number of hydrogen-bond donors (Lipinski definition) is 1. The van der Waals surface area contributed by atoms with Crippen molar-refractivity contribution in [2.75, 3.05) is 39.3 Å². The lowest BCUT2D eigenvalue weighted by Crippen LogP contribution is -2.60. The van der Waals surface area contributed by atoms with Crippen molar-refractivity contribution in [3.05, 3.63) is 0 Å². The van der Waals surface area contributed by atoms with E-state index in [9.17, 15) is 0 Å². The average Bonchev–Trinajstić information content (AvgIpc) is 2.30. The van der Waals surface area contributed by atoms with Gasteiger partial charge in [-0.25, -0.2) is 0 Å². The SMILES string of the molecule is C1CCC2(CC1)CN(CC1CNCCO1)C2. The van der Waals surface area contributed by atoms with Crippen LogP contribution in [0.5, 0.6) is 0 Å². The Morgan fingerprint density at radius 2 is 2.00 bits per heavy atom. The molecule has 0 aromatic rings. The van der Waals surface area contributed by atoms with Gasteiger partial charge in [0.05, 0.1) is 12.7 Å². The van der Waals surface area contributed by atoms with Crippen LogP contribution in [0.4, 0.5) is 0 Å². The summed E-state index contributed by atoms with van der Waals surface area (Å²) in [6, 6.07) is 0. The molecule has 3 rings (SSSR count). The van der Waals surface area contributed by atoms with Gasteiger partial charge in [-0.2, -0.15) is 0 Å². The standard InChI is InChI=1S/C13H24N2O/c1-2-4-13(5-3-1)10-15(11-13)9-12-8-14-6-7-16-12/h12,14H,1-11H2. The van der Waals surface area contributed by atoms with Gasteiger partial charge in [-0.3, -0.25) is 4.90 Å². The maximum Gasteiger partial charge on any atom is 0.0826 e. The molecule has 1 saturated carbocycles. The van der Waals surface area contributed by atoms with Crippen molar-refractivity contribution in [2.45, 2.75) is 38.2 Å². The molecule has 0 aromatic heterocycles. The zero-order valence-electron chi connectivity index (χ0n) is 10.2. The molecule has 2 aliphatic heterocycles. The van der Waals surface area contributed by atoms with Gasteiger partial charge in [0.25, 0.3) is 0 Å². The molecule has 2 saturated heterocycles. The van der Waals surface area contributed by atoms with Gasteiger partial charge in [0.1, 0.15) is 0 Å². The first-order chi connectivity index (χ1) is 7.86. The number of morpholine rings is 1. The van der Waals surface area contributed by atoms with E-state index in [1.54, 1.807) is 0 Å². The minimum absolute atomic E-state index is 0.440. The second-order valence-electron chi connectivity index (χ2n) is 5.93. The summed E-state index contributed by atoms with van der Waals surface area (Å²) in [5.74, 6) is 0. The smallest absolute Gasteiger partial charge is 0.0826 e. The highest BCUT2D eigenvalue weighted by Gasteiger charge is 2.43. The fourth-order valence-corrected chi connectivity index (χ4v) is 3.67. The Morgan fingerprint density at radius 1 is 1.19 bits per heavy atom. The van der Waals surface area contributed by atoms with Crippen molar-refractivity contribution < 1.29 is 4.74 Å². The van der Waals surface area contributed by atoms with Gasteiger partial charge in [0, 0.05) is 32.7 Å². The van der Waals surface area contributed by atoms with Crippen molar-refractivity contribution in [3.8, 4) is 0 Å². The first-order valence-electron chi connectivity index (χ1n) is 6.91. The molecule has 92 valence electrons. The number of nitrogens with one attached hydrogen (secondary N) is 1. The molecule has 16 heavy (non-hydrogen) atoms. The Balaban J connectivity index is 1.42. The zero-order chi connectivity index (χ0) is 10.8. The summed E-state index contributed by atoms with van der Waals surface area (Å²) in [6.45, 7) is 6.79. The highest BCUT2D eigenvalue weighted by Crippen LogP contribution is 2.43. The summed E-state index contributed by atoms with van der Waals surface area (Å²) in [7, 11) is 0. The van der Waals surface area contributed by atoms with E-state index in [0.717, 1.165) is 31.7 Å². The van der Waals surface area contributed by atoms with Gasteiger partial charge in [-0.05, 0) is 18.3 Å². The molecule has 1 unspecified atom stereocenters. The number of likely N-dealkylation sites (tertiary alicyclic amines) is 1. The van der Waals surface area contributed by atoms with Crippen LogP contribution < -0.4 is 5.32 Å². The van der Waals surface area contributed by atoms with Crippen LogP contribution in [0.25, 0.3) is 0 Å². The van der Waals surface area contributed by atoms with Crippen LogP contribution in [0, 0.1) is 5.41 Å². The van der Waals surface area contributed by atoms with E-state index in [0.29, 0.717) is 6.10 Å². The monoisotopic (exact) mass is 224 g/mol. The van der Waals surface area contributed by atoms with Gasteiger partial charge >= 0.3 is 0 Å². The topological polar surface area (TPSA) is 24.5 Å². The Hall–Kier alpha value is -0.120. The minimum atomic E-state index is 0.440. The second kappa shape index (κ2) is 4.63. The lowest BCUT2D eigenvalue weighted by molar-refractivity contribution is -0.0696. The third-order valence-electron chi connectivity index (χ3n) is 4.50. The fraction of sp³-hybridized carbons (Fsp3) is 1.00.